The zero-order valence-electron chi connectivity index (χ0n) is 19.3. The molecule has 0 radical (unpaired) electrons. The lowest BCUT2D eigenvalue weighted by Crippen LogP contribution is -2.52. The molecule has 2 heterocycles. The first kappa shape index (κ1) is 22.9. The van der Waals surface area contributed by atoms with Crippen molar-refractivity contribution in [1.29, 1.82) is 0 Å². The van der Waals surface area contributed by atoms with E-state index in [-0.39, 0.29) is 12.7 Å². The summed E-state index contributed by atoms with van der Waals surface area (Å²) in [6, 6.07) is 27.1. The highest BCUT2D eigenvalue weighted by atomic mass is 79.9. The van der Waals surface area contributed by atoms with Gasteiger partial charge in [-0.15, -0.1) is 0 Å². The van der Waals surface area contributed by atoms with Crippen molar-refractivity contribution in [2.45, 2.75) is 6.17 Å². The fourth-order valence-corrected chi connectivity index (χ4v) is 4.57. The number of ether oxygens (including phenoxy) is 3. The molecular weight excluding hydrogens is 538 g/mol. The van der Waals surface area contributed by atoms with Crippen molar-refractivity contribution in [3.05, 3.63) is 112 Å². The number of nitrogens with one attached hydrogen (secondary N) is 2. The molecule has 0 saturated heterocycles. The summed E-state index contributed by atoms with van der Waals surface area (Å²) in [5.41, 5.74) is 4.92. The summed E-state index contributed by atoms with van der Waals surface area (Å²) in [5, 5.41) is 4.67. The van der Waals surface area contributed by atoms with Gasteiger partial charge in [-0.3, -0.25) is 15.0 Å². The zero-order chi connectivity index (χ0) is 25.4. The molecule has 4 aromatic carbocycles. The Morgan fingerprint density at radius 1 is 0.919 bits per heavy atom. The van der Waals surface area contributed by atoms with E-state index >= 15 is 0 Å². The Kier molecular flexibility index (Phi) is 5.90. The number of hydrogen-bond donors (Lipinski definition) is 2. The minimum atomic E-state index is -0.696. The second-order valence-corrected chi connectivity index (χ2v) is 9.32. The molecule has 9 heteroatoms. The van der Waals surface area contributed by atoms with Gasteiger partial charge in [0.1, 0.15) is 17.7 Å². The number of para-hydroxylation sites is 1. The van der Waals surface area contributed by atoms with Crippen molar-refractivity contribution in [2.75, 3.05) is 12.1 Å². The maximum Gasteiger partial charge on any atom is 0.276 e. The quantitative estimate of drug-likeness (QED) is 0.318. The van der Waals surface area contributed by atoms with Crippen LogP contribution in [0.15, 0.2) is 95.5 Å². The molecule has 0 aliphatic carbocycles. The molecule has 37 heavy (non-hydrogen) atoms. The predicted octanol–water partition coefficient (Wildman–Crippen LogP) is 5.88. The molecule has 2 N–H and O–H groups in total. The van der Waals surface area contributed by atoms with Crippen molar-refractivity contribution in [2.24, 2.45) is 0 Å². The van der Waals surface area contributed by atoms with Crippen LogP contribution in [0, 0.1) is 0 Å². The molecule has 0 fully saturated rings. The van der Waals surface area contributed by atoms with E-state index in [0.29, 0.717) is 39.8 Å². The molecule has 0 saturated carbocycles. The van der Waals surface area contributed by atoms with Crippen molar-refractivity contribution in [1.82, 2.24) is 10.4 Å². The Morgan fingerprint density at radius 3 is 2.59 bits per heavy atom. The standard InChI is InChI=1S/C28H20BrN3O5/c29-19-10-11-23-22(15-19)28(34)32(31-27(33)18-9-12-24-25(14-18)36-16-35-24)26(30-23)17-5-4-8-21(13-17)37-20-6-2-1-3-7-20/h1-15,26,30H,16H2,(H,31,33)/t26-/m1/s1. The molecule has 1 atom stereocenters. The molecule has 2 aliphatic heterocycles. The second-order valence-electron chi connectivity index (χ2n) is 8.41. The van der Waals surface area contributed by atoms with Crippen LogP contribution in [0.25, 0.3) is 0 Å². The minimum absolute atomic E-state index is 0.101. The zero-order valence-corrected chi connectivity index (χ0v) is 20.9. The lowest BCUT2D eigenvalue weighted by molar-refractivity contribution is 0.0490. The van der Waals surface area contributed by atoms with Gasteiger partial charge in [0.15, 0.2) is 11.5 Å². The molecular formula is C28H20BrN3O5. The Labute approximate surface area is 220 Å². The van der Waals surface area contributed by atoms with Gasteiger partial charge in [0.05, 0.1) is 5.56 Å². The van der Waals surface area contributed by atoms with Gasteiger partial charge in [-0.2, -0.15) is 0 Å². The van der Waals surface area contributed by atoms with Crippen LogP contribution < -0.4 is 25.0 Å². The number of amides is 2. The normalized spacial score (nSPS) is 15.5. The number of fused-ring (bicyclic) bond motifs is 2. The number of benzene rings is 4. The number of hydrogen-bond acceptors (Lipinski definition) is 6. The number of halogens is 1. The van der Waals surface area contributed by atoms with Gasteiger partial charge >= 0.3 is 0 Å². The minimum Gasteiger partial charge on any atom is -0.457 e. The summed E-state index contributed by atoms with van der Waals surface area (Å²) >= 11 is 3.43. The van der Waals surface area contributed by atoms with Gasteiger partial charge in [0, 0.05) is 21.3 Å². The molecule has 0 aromatic heterocycles. The number of anilines is 1. The van der Waals surface area contributed by atoms with E-state index in [9.17, 15) is 9.59 Å². The number of carbonyl (C=O) groups excluding carboxylic acids is 2. The highest BCUT2D eigenvalue weighted by Gasteiger charge is 2.35. The van der Waals surface area contributed by atoms with E-state index in [2.05, 4.69) is 26.7 Å². The molecule has 0 unspecified atom stereocenters. The fourth-order valence-electron chi connectivity index (χ4n) is 4.21. The monoisotopic (exact) mass is 557 g/mol. The molecule has 8 nitrogen and oxygen atoms in total. The Morgan fingerprint density at radius 2 is 1.73 bits per heavy atom. The van der Waals surface area contributed by atoms with Gasteiger partial charge in [0.2, 0.25) is 6.79 Å². The SMILES string of the molecule is O=C(NN1C(=O)c2cc(Br)ccc2N[C@H]1c1cccc(Oc2ccccc2)c1)c1ccc2c(c1)OCO2. The summed E-state index contributed by atoms with van der Waals surface area (Å²) < 4.78 is 17.5. The van der Waals surface area contributed by atoms with Crippen molar-refractivity contribution < 1.29 is 23.8 Å². The maximum atomic E-state index is 13.7. The molecule has 6 rings (SSSR count). The number of hydrazine groups is 1. The van der Waals surface area contributed by atoms with Crippen molar-refractivity contribution >= 4 is 33.4 Å². The van der Waals surface area contributed by atoms with Gasteiger partial charge in [0.25, 0.3) is 11.8 Å². The largest absolute Gasteiger partial charge is 0.457 e. The summed E-state index contributed by atoms with van der Waals surface area (Å²) in [7, 11) is 0. The lowest BCUT2D eigenvalue weighted by Gasteiger charge is -2.38. The van der Waals surface area contributed by atoms with Crippen LogP contribution in [0.2, 0.25) is 0 Å². The lowest BCUT2D eigenvalue weighted by atomic mass is 10.0. The topological polar surface area (TPSA) is 89.1 Å². The Balaban J connectivity index is 1.34. The number of rotatable bonds is 5. The molecule has 184 valence electrons. The van der Waals surface area contributed by atoms with Crippen molar-refractivity contribution in [3.8, 4) is 23.0 Å². The van der Waals surface area contributed by atoms with E-state index in [1.807, 2.05) is 66.7 Å². The smallest absolute Gasteiger partial charge is 0.276 e. The van der Waals surface area contributed by atoms with E-state index in [4.69, 9.17) is 14.2 Å². The van der Waals surface area contributed by atoms with E-state index < -0.39 is 12.1 Å². The molecule has 0 spiro atoms. The third kappa shape index (κ3) is 4.56. The predicted molar refractivity (Wildman–Crippen MR) is 140 cm³/mol. The molecule has 2 amide bonds. The Bertz CT molecular complexity index is 1510. The average molecular weight is 558 g/mol. The summed E-state index contributed by atoms with van der Waals surface area (Å²) in [6.07, 6.45) is -0.696. The van der Waals surface area contributed by atoms with Crippen LogP contribution in [0.3, 0.4) is 0 Å². The van der Waals surface area contributed by atoms with Crippen LogP contribution in [0.1, 0.15) is 32.4 Å². The third-order valence-corrected chi connectivity index (χ3v) is 6.48. The molecule has 2 aliphatic rings. The molecule has 4 aromatic rings. The number of nitrogens with zero attached hydrogens (tertiary/aromatic N) is 1. The highest BCUT2D eigenvalue weighted by Crippen LogP contribution is 2.36. The van der Waals surface area contributed by atoms with Gasteiger partial charge in [-0.25, -0.2) is 5.01 Å². The van der Waals surface area contributed by atoms with Gasteiger partial charge in [-0.05, 0) is 60.7 Å². The van der Waals surface area contributed by atoms with E-state index in [1.165, 1.54) is 5.01 Å². The van der Waals surface area contributed by atoms with Gasteiger partial charge in [-0.1, -0.05) is 46.3 Å². The third-order valence-electron chi connectivity index (χ3n) is 5.99. The maximum absolute atomic E-state index is 13.7. The number of carbonyl (C=O) groups is 2. The molecule has 0 bridgehead atoms. The summed E-state index contributed by atoms with van der Waals surface area (Å²) in [4.78, 5) is 26.9. The van der Waals surface area contributed by atoms with E-state index in [1.54, 1.807) is 24.3 Å². The summed E-state index contributed by atoms with van der Waals surface area (Å²) in [5.74, 6) is 1.51. The second kappa shape index (κ2) is 9.51. The van der Waals surface area contributed by atoms with Crippen LogP contribution in [0.4, 0.5) is 5.69 Å². The van der Waals surface area contributed by atoms with Crippen LogP contribution in [-0.2, 0) is 0 Å². The Hall–Kier alpha value is -4.50. The van der Waals surface area contributed by atoms with Gasteiger partial charge < -0.3 is 19.5 Å². The first-order valence-corrected chi connectivity index (χ1v) is 12.3. The highest BCUT2D eigenvalue weighted by molar-refractivity contribution is 9.10. The van der Waals surface area contributed by atoms with Crippen molar-refractivity contribution in [3.63, 3.8) is 0 Å². The van der Waals surface area contributed by atoms with E-state index in [0.717, 1.165) is 10.0 Å². The van der Waals surface area contributed by atoms with Crippen LogP contribution >= 0.6 is 15.9 Å². The van der Waals surface area contributed by atoms with Crippen LogP contribution in [-0.4, -0.2) is 23.6 Å². The average Bonchev–Trinajstić information content (AvgIpc) is 3.39. The first-order chi connectivity index (χ1) is 18.0. The summed E-state index contributed by atoms with van der Waals surface area (Å²) in [6.45, 7) is 0.101. The fraction of sp³-hybridized carbons (Fsp3) is 0.0714. The first-order valence-electron chi connectivity index (χ1n) is 11.5. The van der Waals surface area contributed by atoms with Crippen LogP contribution in [0.5, 0.6) is 23.0 Å².